The Balaban J connectivity index is 2.34. The van der Waals surface area contributed by atoms with Gasteiger partial charge >= 0.3 is 5.97 Å². The summed E-state index contributed by atoms with van der Waals surface area (Å²) < 4.78 is 10.9. The van der Waals surface area contributed by atoms with Crippen LogP contribution in [0.5, 0.6) is 0 Å². The zero-order valence-electron chi connectivity index (χ0n) is 13.0. The van der Waals surface area contributed by atoms with Crippen LogP contribution in [0.4, 0.5) is 0 Å². The largest absolute Gasteiger partial charge is 0.481 e. The van der Waals surface area contributed by atoms with Gasteiger partial charge in [0.1, 0.15) is 0 Å². The molecule has 21 heavy (non-hydrogen) atoms. The van der Waals surface area contributed by atoms with Gasteiger partial charge in [0.25, 0.3) is 0 Å². The van der Waals surface area contributed by atoms with Crippen LogP contribution in [0.2, 0.25) is 0 Å². The highest BCUT2D eigenvalue weighted by Gasteiger charge is 2.30. The second-order valence-electron chi connectivity index (χ2n) is 5.54. The Labute approximate surface area is 126 Å². The molecule has 0 aliphatic carbocycles. The molecule has 2 N–H and O–H groups in total. The summed E-state index contributed by atoms with van der Waals surface area (Å²) in [4.78, 5) is 22.9. The Hall–Kier alpha value is -1.14. The Bertz CT molecular complexity index is 335. The fourth-order valence-corrected chi connectivity index (χ4v) is 2.53. The molecule has 0 atom stereocenters. The second-order valence-corrected chi connectivity index (χ2v) is 5.54. The average molecular weight is 301 g/mol. The van der Waals surface area contributed by atoms with E-state index in [0.29, 0.717) is 32.7 Å². The van der Waals surface area contributed by atoms with Crippen molar-refractivity contribution >= 4 is 11.9 Å². The number of ether oxygens (including phenoxy) is 2. The van der Waals surface area contributed by atoms with E-state index in [1.54, 1.807) is 0 Å². The number of hydrogen-bond acceptors (Lipinski definition) is 4. The van der Waals surface area contributed by atoms with E-state index in [1.807, 2.05) is 13.8 Å². The molecule has 0 bridgehead atoms. The number of hydrogen-bond donors (Lipinski definition) is 2. The minimum absolute atomic E-state index is 0.0490. The van der Waals surface area contributed by atoms with Crippen molar-refractivity contribution < 1.29 is 24.2 Å². The number of carboxylic acids is 1. The maximum atomic E-state index is 12.0. The Morgan fingerprint density at radius 3 is 2.43 bits per heavy atom. The molecule has 1 aliphatic heterocycles. The number of aliphatic carboxylic acids is 1. The van der Waals surface area contributed by atoms with E-state index in [2.05, 4.69) is 5.32 Å². The van der Waals surface area contributed by atoms with Crippen LogP contribution in [0.15, 0.2) is 0 Å². The number of amides is 1. The first-order valence-corrected chi connectivity index (χ1v) is 7.73. The first kappa shape index (κ1) is 17.9. The lowest BCUT2D eigenvalue weighted by Crippen LogP contribution is -2.49. The van der Waals surface area contributed by atoms with Gasteiger partial charge in [-0.25, -0.2) is 0 Å². The van der Waals surface area contributed by atoms with Crippen LogP contribution in [-0.4, -0.2) is 48.4 Å². The Morgan fingerprint density at radius 1 is 1.29 bits per heavy atom. The predicted octanol–water partition coefficient (Wildman–Crippen LogP) is 1.72. The highest BCUT2D eigenvalue weighted by molar-refractivity contribution is 5.78. The maximum Gasteiger partial charge on any atom is 0.305 e. The normalized spacial score (nSPS) is 16.7. The smallest absolute Gasteiger partial charge is 0.305 e. The summed E-state index contributed by atoms with van der Waals surface area (Å²) in [6, 6.07) is 0. The van der Waals surface area contributed by atoms with Gasteiger partial charge in [-0.15, -0.1) is 0 Å². The summed E-state index contributed by atoms with van der Waals surface area (Å²) in [6.07, 6.45) is 3.33. The second kappa shape index (κ2) is 9.00. The molecular formula is C15H27NO5. The molecular weight excluding hydrogens is 274 g/mol. The molecule has 0 aromatic carbocycles. The first-order chi connectivity index (χ1) is 10.0. The molecule has 1 saturated heterocycles. The summed E-state index contributed by atoms with van der Waals surface area (Å²) in [5.41, 5.74) is -0.651. The number of carbonyl (C=O) groups is 2. The van der Waals surface area contributed by atoms with Crippen molar-refractivity contribution in [3.05, 3.63) is 0 Å². The summed E-state index contributed by atoms with van der Waals surface area (Å²) in [7, 11) is 0. The van der Waals surface area contributed by atoms with Crippen molar-refractivity contribution in [2.75, 3.05) is 19.8 Å². The summed E-state index contributed by atoms with van der Waals surface area (Å²) in [5, 5.41) is 11.9. The van der Waals surface area contributed by atoms with Crippen molar-refractivity contribution in [1.82, 2.24) is 5.32 Å². The molecule has 0 aromatic rings. The molecule has 0 saturated carbocycles. The molecule has 1 fully saturated rings. The molecule has 0 unspecified atom stereocenters. The van der Waals surface area contributed by atoms with Crippen molar-refractivity contribution in [2.45, 2.75) is 64.0 Å². The van der Waals surface area contributed by atoms with Gasteiger partial charge in [-0.2, -0.15) is 0 Å². The number of carbonyl (C=O) groups excluding carboxylic acids is 1. The molecule has 0 spiro atoms. The topological polar surface area (TPSA) is 84.9 Å². The minimum Gasteiger partial charge on any atom is -0.481 e. The van der Waals surface area contributed by atoms with Crippen LogP contribution >= 0.6 is 0 Å². The van der Waals surface area contributed by atoms with E-state index in [-0.39, 0.29) is 24.9 Å². The van der Waals surface area contributed by atoms with Gasteiger partial charge in [0.15, 0.2) is 0 Å². The molecule has 122 valence electrons. The lowest BCUT2D eigenvalue weighted by Gasteiger charge is -2.31. The van der Waals surface area contributed by atoms with E-state index in [1.165, 1.54) is 0 Å². The van der Waals surface area contributed by atoms with Crippen molar-refractivity contribution in [1.29, 1.82) is 0 Å². The van der Waals surface area contributed by atoms with Gasteiger partial charge in [0.2, 0.25) is 5.91 Å². The van der Waals surface area contributed by atoms with Crippen LogP contribution in [0, 0.1) is 0 Å². The highest BCUT2D eigenvalue weighted by Crippen LogP contribution is 2.20. The van der Waals surface area contributed by atoms with Crippen LogP contribution in [-0.2, 0) is 19.1 Å². The summed E-state index contributed by atoms with van der Waals surface area (Å²) in [6.45, 7) is 5.58. The third-order valence-corrected chi connectivity index (χ3v) is 4.10. The van der Waals surface area contributed by atoms with Crippen molar-refractivity contribution in [2.24, 2.45) is 0 Å². The average Bonchev–Trinajstić information content (AvgIpc) is 2.47. The van der Waals surface area contributed by atoms with E-state index in [0.717, 1.165) is 12.8 Å². The fraction of sp³-hybridized carbons (Fsp3) is 0.867. The molecule has 6 nitrogen and oxygen atoms in total. The standard InChI is InChI=1S/C15H27NO5/c1-3-15(4-2,11-14(18)19)16-13(17)7-10-21-12-5-8-20-9-6-12/h12H,3-11H2,1-2H3,(H,16,17)(H,18,19). The SMILES string of the molecule is CCC(CC)(CC(=O)O)NC(=O)CCOC1CCOCC1. The van der Waals surface area contributed by atoms with Crippen LogP contribution < -0.4 is 5.32 Å². The van der Waals surface area contributed by atoms with Gasteiger partial charge in [-0.05, 0) is 25.7 Å². The molecule has 0 radical (unpaired) electrons. The van der Waals surface area contributed by atoms with E-state index in [9.17, 15) is 9.59 Å². The van der Waals surface area contributed by atoms with Crippen LogP contribution in [0.1, 0.15) is 52.4 Å². The zero-order valence-corrected chi connectivity index (χ0v) is 13.0. The van der Waals surface area contributed by atoms with Crippen LogP contribution in [0.3, 0.4) is 0 Å². The lowest BCUT2D eigenvalue weighted by atomic mass is 9.89. The zero-order chi connectivity index (χ0) is 15.7. The summed E-state index contributed by atoms with van der Waals surface area (Å²) in [5.74, 6) is -1.04. The molecule has 1 rings (SSSR count). The number of carboxylic acid groups (broad SMARTS) is 1. The van der Waals surface area contributed by atoms with Gasteiger partial charge in [-0.1, -0.05) is 13.8 Å². The third kappa shape index (κ3) is 6.44. The Kier molecular flexibility index (Phi) is 7.67. The van der Waals surface area contributed by atoms with Gasteiger partial charge in [-0.3, -0.25) is 9.59 Å². The first-order valence-electron chi connectivity index (χ1n) is 7.73. The van der Waals surface area contributed by atoms with Crippen molar-refractivity contribution in [3.63, 3.8) is 0 Å². The molecule has 1 heterocycles. The fourth-order valence-electron chi connectivity index (χ4n) is 2.53. The molecule has 6 heteroatoms. The Morgan fingerprint density at radius 2 is 1.90 bits per heavy atom. The summed E-state index contributed by atoms with van der Waals surface area (Å²) >= 11 is 0. The van der Waals surface area contributed by atoms with E-state index >= 15 is 0 Å². The number of rotatable bonds is 9. The van der Waals surface area contributed by atoms with E-state index in [4.69, 9.17) is 14.6 Å². The van der Waals surface area contributed by atoms with Gasteiger partial charge in [0.05, 0.1) is 19.1 Å². The third-order valence-electron chi connectivity index (χ3n) is 4.10. The highest BCUT2D eigenvalue weighted by atomic mass is 16.5. The molecule has 1 aliphatic rings. The maximum absolute atomic E-state index is 12.0. The molecule has 1 amide bonds. The lowest BCUT2D eigenvalue weighted by molar-refractivity contribution is -0.139. The quantitative estimate of drug-likeness (QED) is 0.677. The monoisotopic (exact) mass is 301 g/mol. The number of nitrogens with one attached hydrogen (secondary N) is 1. The van der Waals surface area contributed by atoms with E-state index < -0.39 is 11.5 Å². The minimum atomic E-state index is -0.891. The van der Waals surface area contributed by atoms with Gasteiger partial charge < -0.3 is 19.9 Å². The molecule has 0 aromatic heterocycles. The van der Waals surface area contributed by atoms with Gasteiger partial charge in [0, 0.05) is 25.2 Å². The van der Waals surface area contributed by atoms with Crippen molar-refractivity contribution in [3.8, 4) is 0 Å². The van der Waals surface area contributed by atoms with Crippen LogP contribution in [0.25, 0.3) is 0 Å². The predicted molar refractivity (Wildman–Crippen MR) is 78.1 cm³/mol.